The Labute approximate surface area is 81.4 Å². The SMILES string of the molecule is C#CC1(COC(N)=O)C=CC(F)=CC1. The molecule has 0 aromatic rings. The maximum Gasteiger partial charge on any atom is 0.404 e. The van der Waals surface area contributed by atoms with Gasteiger partial charge in [0.2, 0.25) is 0 Å². The van der Waals surface area contributed by atoms with Gasteiger partial charge in [0.1, 0.15) is 12.4 Å². The molecule has 0 aromatic carbocycles. The molecule has 1 rings (SSSR count). The van der Waals surface area contributed by atoms with Gasteiger partial charge in [-0.1, -0.05) is 12.0 Å². The summed E-state index contributed by atoms with van der Waals surface area (Å²) in [6.07, 6.45) is 8.82. The van der Waals surface area contributed by atoms with Crippen LogP contribution in [0.1, 0.15) is 6.42 Å². The van der Waals surface area contributed by atoms with Crippen LogP contribution in [0, 0.1) is 17.8 Å². The number of ether oxygens (including phenoxy) is 1. The van der Waals surface area contributed by atoms with E-state index in [2.05, 4.69) is 10.7 Å². The molecule has 1 atom stereocenters. The molecule has 2 N–H and O–H groups in total. The predicted molar refractivity (Wildman–Crippen MR) is 49.7 cm³/mol. The van der Waals surface area contributed by atoms with E-state index in [1.165, 1.54) is 18.2 Å². The molecule has 1 aliphatic carbocycles. The van der Waals surface area contributed by atoms with Crippen molar-refractivity contribution in [3.8, 4) is 12.3 Å². The summed E-state index contributed by atoms with van der Waals surface area (Å²) < 4.78 is 17.2. The highest BCUT2D eigenvalue weighted by Gasteiger charge is 2.27. The first-order chi connectivity index (χ1) is 6.58. The molecule has 0 aromatic heterocycles. The zero-order chi connectivity index (χ0) is 10.6. The number of carbonyl (C=O) groups is 1. The fourth-order valence-electron chi connectivity index (χ4n) is 1.11. The van der Waals surface area contributed by atoms with Crippen LogP contribution < -0.4 is 5.73 Å². The number of amides is 1. The minimum Gasteiger partial charge on any atom is -0.448 e. The molecule has 0 fully saturated rings. The van der Waals surface area contributed by atoms with E-state index in [1.807, 2.05) is 0 Å². The molecule has 74 valence electrons. The van der Waals surface area contributed by atoms with Gasteiger partial charge in [-0.05, 0) is 18.6 Å². The monoisotopic (exact) mass is 195 g/mol. The summed E-state index contributed by atoms with van der Waals surface area (Å²) in [5.74, 6) is 2.12. The highest BCUT2D eigenvalue weighted by atomic mass is 19.1. The lowest BCUT2D eigenvalue weighted by Gasteiger charge is -2.24. The number of primary amides is 1. The maximum atomic E-state index is 12.6. The second-order valence-electron chi connectivity index (χ2n) is 3.03. The Balaban J connectivity index is 2.67. The standard InChI is InChI=1S/C10H10FNO2/c1-2-10(7-14-9(12)13)5-3-8(11)4-6-10/h1,3-5H,6-7H2,(H2,12,13). The lowest BCUT2D eigenvalue weighted by molar-refractivity contribution is 0.130. The van der Waals surface area contributed by atoms with Gasteiger partial charge in [-0.3, -0.25) is 0 Å². The Bertz CT molecular complexity index is 341. The predicted octanol–water partition coefficient (Wildman–Crippen LogP) is 1.51. The molecule has 1 unspecified atom stereocenters. The molecule has 0 bridgehead atoms. The van der Waals surface area contributed by atoms with E-state index in [1.54, 1.807) is 0 Å². The van der Waals surface area contributed by atoms with Crippen LogP contribution in [-0.4, -0.2) is 12.7 Å². The fourth-order valence-corrected chi connectivity index (χ4v) is 1.11. The molecule has 4 heteroatoms. The quantitative estimate of drug-likeness (QED) is 0.679. The average Bonchev–Trinajstić information content (AvgIpc) is 2.18. The van der Waals surface area contributed by atoms with Crippen LogP contribution >= 0.6 is 0 Å². The number of nitrogens with two attached hydrogens (primary N) is 1. The van der Waals surface area contributed by atoms with Crippen molar-refractivity contribution in [3.63, 3.8) is 0 Å². The number of carbonyl (C=O) groups excluding carboxylic acids is 1. The van der Waals surface area contributed by atoms with E-state index >= 15 is 0 Å². The van der Waals surface area contributed by atoms with E-state index in [0.717, 1.165) is 0 Å². The molecule has 0 spiro atoms. The fraction of sp³-hybridized carbons (Fsp3) is 0.300. The zero-order valence-corrected chi connectivity index (χ0v) is 7.50. The lowest BCUT2D eigenvalue weighted by Crippen LogP contribution is -2.27. The zero-order valence-electron chi connectivity index (χ0n) is 7.50. The summed E-state index contributed by atoms with van der Waals surface area (Å²) in [5, 5.41) is 0. The molecular weight excluding hydrogens is 185 g/mol. The highest BCUT2D eigenvalue weighted by Crippen LogP contribution is 2.29. The third kappa shape index (κ3) is 2.36. The van der Waals surface area contributed by atoms with Crippen molar-refractivity contribution >= 4 is 6.09 Å². The normalized spacial score (nSPS) is 25.0. The largest absolute Gasteiger partial charge is 0.448 e. The molecule has 0 heterocycles. The number of hydrogen-bond acceptors (Lipinski definition) is 2. The van der Waals surface area contributed by atoms with Gasteiger partial charge in [-0.15, -0.1) is 6.42 Å². The summed E-state index contributed by atoms with van der Waals surface area (Å²) in [5.41, 5.74) is 4.05. The van der Waals surface area contributed by atoms with Crippen LogP contribution in [0.3, 0.4) is 0 Å². The molecule has 0 saturated carbocycles. The Kier molecular flexibility index (Phi) is 2.92. The van der Waals surface area contributed by atoms with Crippen molar-refractivity contribution < 1.29 is 13.9 Å². The lowest BCUT2D eigenvalue weighted by atomic mass is 9.83. The van der Waals surface area contributed by atoms with Gasteiger partial charge in [0.05, 0.1) is 5.41 Å². The Morgan fingerprint density at radius 2 is 2.57 bits per heavy atom. The van der Waals surface area contributed by atoms with Crippen LogP contribution in [-0.2, 0) is 4.74 Å². The van der Waals surface area contributed by atoms with E-state index in [-0.39, 0.29) is 12.4 Å². The average molecular weight is 195 g/mol. The van der Waals surface area contributed by atoms with Crippen molar-refractivity contribution in [2.45, 2.75) is 6.42 Å². The smallest absolute Gasteiger partial charge is 0.404 e. The summed E-state index contributed by atoms with van der Waals surface area (Å²) in [4.78, 5) is 10.4. The molecule has 1 aliphatic rings. The topological polar surface area (TPSA) is 52.3 Å². The molecule has 0 radical (unpaired) electrons. The van der Waals surface area contributed by atoms with Crippen molar-refractivity contribution in [1.29, 1.82) is 0 Å². The maximum absolute atomic E-state index is 12.6. The van der Waals surface area contributed by atoms with Crippen molar-refractivity contribution in [1.82, 2.24) is 0 Å². The van der Waals surface area contributed by atoms with E-state index in [4.69, 9.17) is 12.2 Å². The van der Waals surface area contributed by atoms with Crippen LogP contribution in [0.4, 0.5) is 9.18 Å². The summed E-state index contributed by atoms with van der Waals surface area (Å²) in [7, 11) is 0. The van der Waals surface area contributed by atoms with Crippen LogP contribution in [0.15, 0.2) is 24.1 Å². The third-order valence-electron chi connectivity index (χ3n) is 1.98. The van der Waals surface area contributed by atoms with Gasteiger partial charge in [-0.25, -0.2) is 9.18 Å². The van der Waals surface area contributed by atoms with Crippen LogP contribution in [0.2, 0.25) is 0 Å². The van der Waals surface area contributed by atoms with Crippen molar-refractivity contribution in [2.24, 2.45) is 11.1 Å². The highest BCUT2D eigenvalue weighted by molar-refractivity contribution is 5.64. The van der Waals surface area contributed by atoms with Gasteiger partial charge in [0, 0.05) is 0 Å². The number of hydrogen-bond donors (Lipinski definition) is 1. The van der Waals surface area contributed by atoms with Crippen LogP contribution in [0.25, 0.3) is 0 Å². The van der Waals surface area contributed by atoms with Gasteiger partial charge in [0.25, 0.3) is 0 Å². The molecule has 14 heavy (non-hydrogen) atoms. The number of rotatable bonds is 2. The Morgan fingerprint density at radius 3 is 3.00 bits per heavy atom. The molecule has 0 aliphatic heterocycles. The van der Waals surface area contributed by atoms with Crippen molar-refractivity contribution in [3.05, 3.63) is 24.1 Å². The minimum atomic E-state index is -0.886. The number of halogens is 1. The first-order valence-electron chi connectivity index (χ1n) is 4.03. The molecule has 0 saturated heterocycles. The van der Waals surface area contributed by atoms with E-state index in [9.17, 15) is 9.18 Å². The van der Waals surface area contributed by atoms with Gasteiger partial charge in [0.15, 0.2) is 0 Å². The van der Waals surface area contributed by atoms with E-state index < -0.39 is 11.5 Å². The first-order valence-corrected chi connectivity index (χ1v) is 4.03. The second-order valence-corrected chi connectivity index (χ2v) is 3.03. The van der Waals surface area contributed by atoms with E-state index in [0.29, 0.717) is 6.42 Å². The summed E-state index contributed by atoms with van der Waals surface area (Å²) in [6, 6.07) is 0. The third-order valence-corrected chi connectivity index (χ3v) is 1.98. The summed E-state index contributed by atoms with van der Waals surface area (Å²) >= 11 is 0. The minimum absolute atomic E-state index is 0.0287. The van der Waals surface area contributed by atoms with Crippen LogP contribution in [0.5, 0.6) is 0 Å². The number of terminal acetylenes is 1. The van der Waals surface area contributed by atoms with Crippen molar-refractivity contribution in [2.75, 3.05) is 6.61 Å². The van der Waals surface area contributed by atoms with Gasteiger partial charge >= 0.3 is 6.09 Å². The molecule has 1 amide bonds. The second kappa shape index (κ2) is 3.97. The van der Waals surface area contributed by atoms with Gasteiger partial charge < -0.3 is 10.5 Å². The summed E-state index contributed by atoms with van der Waals surface area (Å²) in [6.45, 7) is -0.0287. The van der Waals surface area contributed by atoms with Gasteiger partial charge in [-0.2, -0.15) is 0 Å². The molecular formula is C10H10FNO2. The first kappa shape index (κ1) is 10.3. The Morgan fingerprint density at radius 1 is 1.86 bits per heavy atom. The Hall–Kier alpha value is -1.76. The number of allylic oxidation sites excluding steroid dienone is 3. The molecule has 3 nitrogen and oxygen atoms in total.